The fraction of sp³-hybridized carbons (Fsp3) is 0.611. The van der Waals surface area contributed by atoms with Gasteiger partial charge in [0.2, 0.25) is 5.91 Å². The number of hydrogen-bond donors (Lipinski definition) is 0. The Morgan fingerprint density at radius 1 is 1.35 bits per heavy atom. The summed E-state index contributed by atoms with van der Waals surface area (Å²) >= 11 is 0. The molecule has 0 bridgehead atoms. The zero-order valence-corrected chi connectivity index (χ0v) is 14.1. The number of morpholine rings is 1. The van der Waals surface area contributed by atoms with Gasteiger partial charge in [0.1, 0.15) is 5.82 Å². The average Bonchev–Trinajstić information content (AvgIpc) is 2.55. The summed E-state index contributed by atoms with van der Waals surface area (Å²) in [7, 11) is 4.09. The van der Waals surface area contributed by atoms with Gasteiger partial charge in [-0.2, -0.15) is 0 Å². The van der Waals surface area contributed by atoms with Gasteiger partial charge in [0.25, 0.3) is 0 Å². The second kappa shape index (κ2) is 8.99. The number of carbonyl (C=O) groups is 1. The standard InChI is InChI=1S/C18H27FN2O2/c1-20(2)11-10-17-14-21(12-13-23-17)18(22)5-3-4-15-6-8-16(19)9-7-15/h6-9,17H,3-5,10-14H2,1-2H3/t17-/m1/s1. The van der Waals surface area contributed by atoms with E-state index in [-0.39, 0.29) is 17.8 Å². The van der Waals surface area contributed by atoms with E-state index in [1.165, 1.54) is 12.1 Å². The maximum absolute atomic E-state index is 12.9. The average molecular weight is 322 g/mol. The molecule has 1 fully saturated rings. The van der Waals surface area contributed by atoms with Crippen LogP contribution in [0, 0.1) is 5.82 Å². The van der Waals surface area contributed by atoms with Gasteiger partial charge in [0.05, 0.1) is 12.7 Å². The zero-order valence-electron chi connectivity index (χ0n) is 14.1. The lowest BCUT2D eigenvalue weighted by molar-refractivity contribution is -0.139. The van der Waals surface area contributed by atoms with Crippen LogP contribution in [0.1, 0.15) is 24.8 Å². The SMILES string of the molecule is CN(C)CC[C@@H]1CN(C(=O)CCCc2ccc(F)cc2)CCO1. The van der Waals surface area contributed by atoms with Crippen molar-refractivity contribution in [1.82, 2.24) is 9.80 Å². The Hall–Kier alpha value is -1.46. The second-order valence-corrected chi connectivity index (χ2v) is 6.40. The van der Waals surface area contributed by atoms with Crippen LogP contribution in [0.4, 0.5) is 4.39 Å². The quantitative estimate of drug-likeness (QED) is 0.772. The monoisotopic (exact) mass is 322 g/mol. The first-order valence-electron chi connectivity index (χ1n) is 8.33. The van der Waals surface area contributed by atoms with Crippen molar-refractivity contribution in [3.05, 3.63) is 35.6 Å². The first kappa shape index (κ1) is 17.9. The molecule has 4 nitrogen and oxygen atoms in total. The highest BCUT2D eigenvalue weighted by Crippen LogP contribution is 2.12. The van der Waals surface area contributed by atoms with Crippen molar-refractivity contribution in [1.29, 1.82) is 0 Å². The maximum Gasteiger partial charge on any atom is 0.222 e. The van der Waals surface area contributed by atoms with E-state index in [1.54, 1.807) is 12.1 Å². The first-order valence-corrected chi connectivity index (χ1v) is 8.33. The Bertz CT molecular complexity index is 490. The Morgan fingerprint density at radius 3 is 2.78 bits per heavy atom. The Balaban J connectivity index is 1.71. The molecule has 1 aliphatic heterocycles. The van der Waals surface area contributed by atoms with Gasteiger partial charge in [-0.15, -0.1) is 0 Å². The van der Waals surface area contributed by atoms with E-state index >= 15 is 0 Å². The summed E-state index contributed by atoms with van der Waals surface area (Å²) in [5.41, 5.74) is 1.07. The minimum Gasteiger partial charge on any atom is -0.374 e. The molecule has 1 aliphatic rings. The number of nitrogens with zero attached hydrogens (tertiary/aromatic N) is 2. The van der Waals surface area contributed by atoms with Gasteiger partial charge in [0.15, 0.2) is 0 Å². The molecule has 0 unspecified atom stereocenters. The predicted octanol–water partition coefficient (Wildman–Crippen LogP) is 2.33. The van der Waals surface area contributed by atoms with Crippen LogP contribution in [0.25, 0.3) is 0 Å². The number of amides is 1. The van der Waals surface area contributed by atoms with Gasteiger partial charge in [-0.3, -0.25) is 4.79 Å². The second-order valence-electron chi connectivity index (χ2n) is 6.40. The molecular weight excluding hydrogens is 295 g/mol. The molecule has 23 heavy (non-hydrogen) atoms. The van der Waals surface area contributed by atoms with Gasteiger partial charge in [-0.1, -0.05) is 12.1 Å². The molecule has 1 saturated heterocycles. The summed E-state index contributed by atoms with van der Waals surface area (Å²) < 4.78 is 18.6. The molecule has 1 amide bonds. The topological polar surface area (TPSA) is 32.8 Å². The Morgan fingerprint density at radius 2 is 2.09 bits per heavy atom. The highest BCUT2D eigenvalue weighted by molar-refractivity contribution is 5.76. The van der Waals surface area contributed by atoms with E-state index in [4.69, 9.17) is 4.74 Å². The van der Waals surface area contributed by atoms with Crippen molar-refractivity contribution in [3.63, 3.8) is 0 Å². The molecule has 0 spiro atoms. The number of carbonyl (C=O) groups excluding carboxylic acids is 1. The van der Waals surface area contributed by atoms with Crippen LogP contribution in [0.5, 0.6) is 0 Å². The van der Waals surface area contributed by atoms with Crippen LogP contribution < -0.4 is 0 Å². The summed E-state index contributed by atoms with van der Waals surface area (Å²) in [5.74, 6) is -0.0211. The molecule has 0 saturated carbocycles. The molecule has 0 aromatic heterocycles. The van der Waals surface area contributed by atoms with E-state index in [0.29, 0.717) is 26.1 Å². The highest BCUT2D eigenvalue weighted by atomic mass is 19.1. The molecular formula is C18H27FN2O2. The fourth-order valence-corrected chi connectivity index (χ4v) is 2.78. The third-order valence-electron chi connectivity index (χ3n) is 4.16. The van der Waals surface area contributed by atoms with Crippen LogP contribution in [0.3, 0.4) is 0 Å². The third-order valence-corrected chi connectivity index (χ3v) is 4.16. The molecule has 0 aliphatic carbocycles. The van der Waals surface area contributed by atoms with Crippen LogP contribution in [-0.2, 0) is 16.0 Å². The van der Waals surface area contributed by atoms with Crippen LogP contribution in [-0.4, -0.2) is 62.1 Å². The van der Waals surface area contributed by atoms with Gasteiger partial charge >= 0.3 is 0 Å². The lowest BCUT2D eigenvalue weighted by Gasteiger charge is -2.33. The van der Waals surface area contributed by atoms with Crippen molar-refractivity contribution < 1.29 is 13.9 Å². The van der Waals surface area contributed by atoms with Gasteiger partial charge in [-0.25, -0.2) is 4.39 Å². The summed E-state index contributed by atoms with van der Waals surface area (Å²) in [6.45, 7) is 2.98. The minimum absolute atomic E-state index is 0.146. The smallest absolute Gasteiger partial charge is 0.222 e. The van der Waals surface area contributed by atoms with E-state index in [1.807, 2.05) is 19.0 Å². The molecule has 0 N–H and O–H groups in total. The summed E-state index contributed by atoms with van der Waals surface area (Å²) in [5, 5.41) is 0. The van der Waals surface area contributed by atoms with E-state index in [9.17, 15) is 9.18 Å². The molecule has 1 heterocycles. The first-order chi connectivity index (χ1) is 11.0. The molecule has 5 heteroatoms. The third kappa shape index (κ3) is 6.28. The van der Waals surface area contributed by atoms with Gasteiger partial charge in [-0.05, 0) is 51.1 Å². The molecule has 1 aromatic rings. The highest BCUT2D eigenvalue weighted by Gasteiger charge is 2.23. The lowest BCUT2D eigenvalue weighted by Crippen LogP contribution is -2.46. The number of halogens is 1. The number of ether oxygens (including phenoxy) is 1. The van der Waals surface area contributed by atoms with E-state index in [2.05, 4.69) is 4.90 Å². The number of rotatable bonds is 7. The molecule has 1 atom stereocenters. The number of aryl methyl sites for hydroxylation is 1. The van der Waals surface area contributed by atoms with Crippen molar-refractivity contribution in [3.8, 4) is 0 Å². The summed E-state index contributed by atoms with van der Waals surface area (Å²) in [6.07, 6.45) is 3.24. The van der Waals surface area contributed by atoms with E-state index < -0.39 is 0 Å². The van der Waals surface area contributed by atoms with Crippen molar-refractivity contribution in [2.75, 3.05) is 40.3 Å². The van der Waals surface area contributed by atoms with Crippen molar-refractivity contribution in [2.24, 2.45) is 0 Å². The minimum atomic E-state index is -0.220. The van der Waals surface area contributed by atoms with Crippen LogP contribution in [0.2, 0.25) is 0 Å². The van der Waals surface area contributed by atoms with Gasteiger partial charge < -0.3 is 14.5 Å². The maximum atomic E-state index is 12.9. The molecule has 1 aromatic carbocycles. The normalized spacial score (nSPS) is 18.4. The largest absolute Gasteiger partial charge is 0.374 e. The molecule has 128 valence electrons. The van der Waals surface area contributed by atoms with Gasteiger partial charge in [0, 0.05) is 26.1 Å². The number of benzene rings is 1. The Labute approximate surface area is 138 Å². The van der Waals surface area contributed by atoms with Crippen LogP contribution >= 0.6 is 0 Å². The predicted molar refractivity (Wildman–Crippen MR) is 88.8 cm³/mol. The Kier molecular flexibility index (Phi) is 6.99. The lowest BCUT2D eigenvalue weighted by atomic mass is 10.1. The van der Waals surface area contributed by atoms with Crippen LogP contribution in [0.15, 0.2) is 24.3 Å². The van der Waals surface area contributed by atoms with Crippen molar-refractivity contribution in [2.45, 2.75) is 31.8 Å². The molecule has 0 radical (unpaired) electrons. The summed E-state index contributed by atoms with van der Waals surface area (Å²) in [4.78, 5) is 16.4. The zero-order chi connectivity index (χ0) is 16.7. The number of hydrogen-bond acceptors (Lipinski definition) is 3. The van der Waals surface area contributed by atoms with Crippen molar-refractivity contribution >= 4 is 5.91 Å². The molecule has 2 rings (SSSR count). The summed E-state index contributed by atoms with van der Waals surface area (Å²) in [6, 6.07) is 6.50. The van der Waals surface area contributed by atoms with E-state index in [0.717, 1.165) is 31.4 Å². The fourth-order valence-electron chi connectivity index (χ4n) is 2.78.